The molecule has 0 spiro atoms. The lowest BCUT2D eigenvalue weighted by Gasteiger charge is -2.32. The molecule has 5 heteroatoms. The van der Waals surface area contributed by atoms with Gasteiger partial charge in [-0.3, -0.25) is 0 Å². The molecule has 1 aliphatic carbocycles. The van der Waals surface area contributed by atoms with Gasteiger partial charge in [-0.15, -0.1) is 0 Å². The van der Waals surface area contributed by atoms with Crippen LogP contribution in [0.1, 0.15) is 30.0 Å². The van der Waals surface area contributed by atoms with Crippen LogP contribution in [0.5, 0.6) is 0 Å². The van der Waals surface area contributed by atoms with Crippen molar-refractivity contribution < 1.29 is 12.8 Å². The summed E-state index contributed by atoms with van der Waals surface area (Å²) in [4.78, 5) is -0.00180. The number of sulfonamides is 1. The Hall–Kier alpha value is -1.72. The van der Waals surface area contributed by atoms with E-state index in [1.807, 2.05) is 24.3 Å². The minimum absolute atomic E-state index is 0.00180. The quantitative estimate of drug-likeness (QED) is 0.868. The van der Waals surface area contributed by atoms with E-state index >= 15 is 0 Å². The zero-order valence-electron chi connectivity index (χ0n) is 12.4. The molecule has 0 unspecified atom stereocenters. The minimum atomic E-state index is -3.71. The monoisotopic (exact) mass is 319 g/mol. The van der Waals surface area contributed by atoms with Crippen LogP contribution in [0, 0.1) is 5.82 Å². The maximum Gasteiger partial charge on any atom is 0.243 e. The van der Waals surface area contributed by atoms with Gasteiger partial charge in [-0.2, -0.15) is 4.31 Å². The standard InChI is InChI=1S/C17H18FNO2S/c1-19(22(20,21)15-9-5-8-14(18)12-15)17-11-4-7-13-6-2-3-10-16(13)17/h2-3,5-6,8-10,12,17H,4,7,11H2,1H3/t17-/m1/s1. The molecule has 0 heterocycles. The molecule has 2 aromatic carbocycles. The highest BCUT2D eigenvalue weighted by Gasteiger charge is 2.32. The van der Waals surface area contributed by atoms with Gasteiger partial charge in [0.05, 0.1) is 4.90 Å². The summed E-state index contributed by atoms with van der Waals surface area (Å²) in [7, 11) is -2.13. The van der Waals surface area contributed by atoms with Crippen LogP contribution in [0.2, 0.25) is 0 Å². The van der Waals surface area contributed by atoms with Gasteiger partial charge in [0, 0.05) is 13.1 Å². The summed E-state index contributed by atoms with van der Waals surface area (Å²) < 4.78 is 40.2. The molecule has 1 aliphatic rings. The van der Waals surface area contributed by atoms with Crippen LogP contribution >= 0.6 is 0 Å². The van der Waals surface area contributed by atoms with Crippen LogP contribution in [0.15, 0.2) is 53.4 Å². The van der Waals surface area contributed by atoms with E-state index in [0.29, 0.717) is 0 Å². The molecular weight excluding hydrogens is 301 g/mol. The number of halogens is 1. The molecule has 0 amide bonds. The maximum atomic E-state index is 13.4. The first kappa shape index (κ1) is 15.2. The molecule has 22 heavy (non-hydrogen) atoms. The fourth-order valence-corrected chi connectivity index (χ4v) is 4.47. The lowest BCUT2D eigenvalue weighted by atomic mass is 9.88. The number of rotatable bonds is 3. The van der Waals surface area contributed by atoms with Crippen molar-refractivity contribution in [2.75, 3.05) is 7.05 Å². The van der Waals surface area contributed by atoms with Gasteiger partial charge in [-0.1, -0.05) is 30.3 Å². The zero-order chi connectivity index (χ0) is 15.7. The molecule has 0 aliphatic heterocycles. The highest BCUT2D eigenvalue weighted by molar-refractivity contribution is 7.89. The Labute approximate surface area is 130 Å². The van der Waals surface area contributed by atoms with Crippen molar-refractivity contribution >= 4 is 10.0 Å². The summed E-state index contributed by atoms with van der Waals surface area (Å²) in [5.74, 6) is -0.543. The second kappa shape index (κ2) is 5.82. The van der Waals surface area contributed by atoms with Crippen molar-refractivity contribution in [2.45, 2.75) is 30.2 Å². The predicted octanol–water partition coefficient (Wildman–Crippen LogP) is 3.52. The number of nitrogens with zero attached hydrogens (tertiary/aromatic N) is 1. The smallest absolute Gasteiger partial charge is 0.207 e. The molecule has 0 N–H and O–H groups in total. The third kappa shape index (κ3) is 2.66. The Balaban J connectivity index is 1.99. The third-order valence-corrected chi connectivity index (χ3v) is 6.11. The van der Waals surface area contributed by atoms with Crippen LogP contribution in [0.3, 0.4) is 0 Å². The summed E-state index contributed by atoms with van der Waals surface area (Å²) >= 11 is 0. The second-order valence-electron chi connectivity index (χ2n) is 5.59. The van der Waals surface area contributed by atoms with Crippen LogP contribution in [0.25, 0.3) is 0 Å². The number of aryl methyl sites for hydroxylation is 1. The molecule has 1 atom stereocenters. The first-order valence-corrected chi connectivity index (χ1v) is 8.75. The molecule has 3 rings (SSSR count). The zero-order valence-corrected chi connectivity index (χ0v) is 13.2. The molecule has 2 aromatic rings. The van der Waals surface area contributed by atoms with Crippen molar-refractivity contribution in [1.82, 2.24) is 4.31 Å². The minimum Gasteiger partial charge on any atom is -0.207 e. The molecule has 0 saturated carbocycles. The van der Waals surface area contributed by atoms with E-state index in [1.54, 1.807) is 7.05 Å². The third-order valence-electron chi connectivity index (χ3n) is 4.25. The van der Waals surface area contributed by atoms with Gasteiger partial charge < -0.3 is 0 Å². The number of fused-ring (bicyclic) bond motifs is 1. The molecule has 0 bridgehead atoms. The van der Waals surface area contributed by atoms with E-state index < -0.39 is 15.8 Å². The number of benzene rings is 2. The molecule has 0 aromatic heterocycles. The van der Waals surface area contributed by atoms with E-state index in [1.165, 1.54) is 28.1 Å². The molecule has 0 radical (unpaired) electrons. The van der Waals surface area contributed by atoms with Crippen LogP contribution in [0.4, 0.5) is 4.39 Å². The van der Waals surface area contributed by atoms with Crippen LogP contribution in [-0.2, 0) is 16.4 Å². The fraction of sp³-hybridized carbons (Fsp3) is 0.294. The van der Waals surface area contributed by atoms with E-state index in [-0.39, 0.29) is 10.9 Å². The van der Waals surface area contributed by atoms with Gasteiger partial charge >= 0.3 is 0 Å². The Kier molecular flexibility index (Phi) is 4.02. The number of hydrogen-bond acceptors (Lipinski definition) is 2. The van der Waals surface area contributed by atoms with Gasteiger partial charge in [0.2, 0.25) is 10.0 Å². The van der Waals surface area contributed by atoms with Gasteiger partial charge in [-0.25, -0.2) is 12.8 Å². The van der Waals surface area contributed by atoms with E-state index in [0.717, 1.165) is 30.9 Å². The molecule has 3 nitrogen and oxygen atoms in total. The summed E-state index contributed by atoms with van der Waals surface area (Å²) in [5.41, 5.74) is 2.25. The summed E-state index contributed by atoms with van der Waals surface area (Å²) in [6.07, 6.45) is 2.70. The first-order valence-electron chi connectivity index (χ1n) is 7.31. The van der Waals surface area contributed by atoms with E-state index in [2.05, 4.69) is 0 Å². The van der Waals surface area contributed by atoms with Crippen molar-refractivity contribution in [1.29, 1.82) is 0 Å². The number of hydrogen-bond donors (Lipinski definition) is 0. The first-order chi connectivity index (χ1) is 10.5. The normalized spacial score (nSPS) is 18.2. The topological polar surface area (TPSA) is 37.4 Å². The second-order valence-corrected chi connectivity index (χ2v) is 7.58. The lowest BCUT2D eigenvalue weighted by Crippen LogP contribution is -2.33. The van der Waals surface area contributed by atoms with E-state index in [4.69, 9.17) is 0 Å². The maximum absolute atomic E-state index is 13.4. The average molecular weight is 319 g/mol. The van der Waals surface area contributed by atoms with Crippen LogP contribution in [-0.4, -0.2) is 19.8 Å². The predicted molar refractivity (Wildman–Crippen MR) is 83.5 cm³/mol. The van der Waals surface area contributed by atoms with Crippen LogP contribution < -0.4 is 0 Å². The highest BCUT2D eigenvalue weighted by Crippen LogP contribution is 2.36. The van der Waals surface area contributed by atoms with Gasteiger partial charge in [0.15, 0.2) is 0 Å². The van der Waals surface area contributed by atoms with Crippen molar-refractivity contribution in [3.05, 3.63) is 65.5 Å². The Morgan fingerprint density at radius 2 is 1.91 bits per heavy atom. The lowest BCUT2D eigenvalue weighted by molar-refractivity contribution is 0.337. The van der Waals surface area contributed by atoms with Gasteiger partial charge in [0.1, 0.15) is 5.82 Å². The van der Waals surface area contributed by atoms with Crippen molar-refractivity contribution in [3.63, 3.8) is 0 Å². The van der Waals surface area contributed by atoms with Gasteiger partial charge in [0.25, 0.3) is 0 Å². The fourth-order valence-electron chi connectivity index (χ4n) is 3.07. The Morgan fingerprint density at radius 3 is 2.68 bits per heavy atom. The average Bonchev–Trinajstić information content (AvgIpc) is 2.53. The summed E-state index contributed by atoms with van der Waals surface area (Å²) in [6, 6.07) is 12.9. The SMILES string of the molecule is CN([C@@H]1CCCc2ccccc21)S(=O)(=O)c1cccc(F)c1. The van der Waals surface area contributed by atoms with Crippen molar-refractivity contribution in [3.8, 4) is 0 Å². The van der Waals surface area contributed by atoms with Gasteiger partial charge in [-0.05, 0) is 48.6 Å². The molecule has 116 valence electrons. The molecular formula is C17H18FNO2S. The largest absolute Gasteiger partial charge is 0.243 e. The summed E-state index contributed by atoms with van der Waals surface area (Å²) in [5, 5.41) is 0. The van der Waals surface area contributed by atoms with Crippen molar-refractivity contribution in [2.24, 2.45) is 0 Å². The molecule has 0 fully saturated rings. The Morgan fingerprint density at radius 1 is 1.14 bits per heavy atom. The molecule has 0 saturated heterocycles. The summed E-state index contributed by atoms with van der Waals surface area (Å²) in [6.45, 7) is 0. The highest BCUT2D eigenvalue weighted by atomic mass is 32.2. The Bertz CT molecular complexity index is 789. The van der Waals surface area contributed by atoms with E-state index in [9.17, 15) is 12.8 Å².